The predicted molar refractivity (Wildman–Crippen MR) is 54.5 cm³/mol. The number of carbonyl (C=O) groups is 1. The highest BCUT2D eigenvalue weighted by Gasteiger charge is 2.33. The molecule has 0 N–H and O–H groups in total. The van der Waals surface area contributed by atoms with Crippen LogP contribution in [0.1, 0.15) is 40.0 Å². The van der Waals surface area contributed by atoms with Crippen molar-refractivity contribution in [2.24, 2.45) is 11.3 Å². The van der Waals surface area contributed by atoms with Crippen molar-refractivity contribution in [3.8, 4) is 0 Å². The van der Waals surface area contributed by atoms with E-state index in [1.807, 2.05) is 0 Å². The molecular formula is C10H17BrO. The van der Waals surface area contributed by atoms with Crippen molar-refractivity contribution in [2.45, 2.75) is 44.9 Å². The van der Waals surface area contributed by atoms with E-state index in [0.29, 0.717) is 17.1 Å². The van der Waals surface area contributed by atoms with Crippen molar-refractivity contribution in [1.29, 1.82) is 0 Å². The van der Waals surface area contributed by atoms with Gasteiger partial charge in [0.15, 0.2) is 0 Å². The number of ketones is 1. The first kappa shape index (κ1) is 10.2. The fourth-order valence-electron chi connectivity index (χ4n) is 1.76. The third-order valence-electron chi connectivity index (χ3n) is 2.80. The zero-order valence-electron chi connectivity index (χ0n) is 8.06. The average Bonchev–Trinajstić information content (AvgIpc) is 1.92. The molecule has 2 heteroatoms. The first-order chi connectivity index (χ1) is 5.41. The molecule has 0 bridgehead atoms. The van der Waals surface area contributed by atoms with Gasteiger partial charge < -0.3 is 0 Å². The Hall–Kier alpha value is 0.150. The summed E-state index contributed by atoms with van der Waals surface area (Å²) in [7, 11) is 0. The lowest BCUT2D eigenvalue weighted by atomic mass is 9.72. The second kappa shape index (κ2) is 3.49. The van der Waals surface area contributed by atoms with Gasteiger partial charge in [-0.25, -0.2) is 0 Å². The van der Waals surface area contributed by atoms with E-state index in [0.717, 1.165) is 19.3 Å². The van der Waals surface area contributed by atoms with E-state index in [4.69, 9.17) is 0 Å². The molecule has 12 heavy (non-hydrogen) atoms. The molecule has 0 unspecified atom stereocenters. The van der Waals surface area contributed by atoms with Gasteiger partial charge in [0.1, 0.15) is 5.78 Å². The Bertz CT molecular complexity index is 181. The second-order valence-electron chi connectivity index (χ2n) is 4.77. The summed E-state index contributed by atoms with van der Waals surface area (Å²) in [6.45, 7) is 6.77. The van der Waals surface area contributed by atoms with Crippen LogP contribution in [-0.2, 0) is 4.79 Å². The maximum absolute atomic E-state index is 11.2. The van der Waals surface area contributed by atoms with E-state index in [1.54, 1.807) is 0 Å². The molecule has 2 atom stereocenters. The first-order valence-corrected chi connectivity index (χ1v) is 5.49. The SMILES string of the molecule is CC(C)(C)[C@@H]1CCC(=O)[C@@H](Br)C1. The van der Waals surface area contributed by atoms with Crippen LogP contribution in [0.25, 0.3) is 0 Å². The lowest BCUT2D eigenvalue weighted by Gasteiger charge is -2.35. The van der Waals surface area contributed by atoms with Gasteiger partial charge in [0.05, 0.1) is 4.83 Å². The van der Waals surface area contributed by atoms with Gasteiger partial charge in [-0.1, -0.05) is 36.7 Å². The fourth-order valence-corrected chi connectivity index (χ4v) is 2.44. The van der Waals surface area contributed by atoms with Gasteiger partial charge in [-0.3, -0.25) is 4.79 Å². The van der Waals surface area contributed by atoms with E-state index < -0.39 is 0 Å². The van der Waals surface area contributed by atoms with Gasteiger partial charge in [-0.2, -0.15) is 0 Å². The summed E-state index contributed by atoms with van der Waals surface area (Å²) in [5.41, 5.74) is 0.354. The van der Waals surface area contributed by atoms with Crippen molar-refractivity contribution < 1.29 is 4.79 Å². The molecule has 70 valence electrons. The Morgan fingerprint density at radius 3 is 2.42 bits per heavy atom. The van der Waals surface area contributed by atoms with E-state index in [9.17, 15) is 4.79 Å². The minimum atomic E-state index is 0.121. The summed E-state index contributed by atoms with van der Waals surface area (Å²) in [4.78, 5) is 11.3. The maximum atomic E-state index is 11.2. The van der Waals surface area contributed by atoms with Crippen molar-refractivity contribution in [3.05, 3.63) is 0 Å². The molecule has 0 aromatic carbocycles. The van der Waals surface area contributed by atoms with Crippen LogP contribution in [0.4, 0.5) is 0 Å². The van der Waals surface area contributed by atoms with Gasteiger partial charge in [0.25, 0.3) is 0 Å². The molecule has 0 aliphatic heterocycles. The van der Waals surface area contributed by atoms with Crippen LogP contribution in [0.3, 0.4) is 0 Å². The number of rotatable bonds is 0. The summed E-state index contributed by atoms with van der Waals surface area (Å²) in [5.74, 6) is 1.08. The van der Waals surface area contributed by atoms with Crippen LogP contribution in [0.5, 0.6) is 0 Å². The Balaban J connectivity index is 2.57. The maximum Gasteiger partial charge on any atom is 0.146 e. The molecule has 1 aliphatic carbocycles. The van der Waals surface area contributed by atoms with E-state index >= 15 is 0 Å². The molecule has 0 radical (unpaired) electrons. The number of carbonyl (C=O) groups excluding carboxylic acids is 1. The predicted octanol–water partition coefficient (Wildman–Crippen LogP) is 3.17. The van der Waals surface area contributed by atoms with Crippen LogP contribution in [0, 0.1) is 11.3 Å². The molecule has 1 nitrogen and oxygen atoms in total. The van der Waals surface area contributed by atoms with Crippen molar-refractivity contribution in [2.75, 3.05) is 0 Å². The minimum absolute atomic E-state index is 0.121. The van der Waals surface area contributed by atoms with Crippen LogP contribution >= 0.6 is 15.9 Å². The number of Topliss-reactive ketones (excluding diaryl/α,β-unsaturated/α-hetero) is 1. The van der Waals surface area contributed by atoms with Crippen LogP contribution < -0.4 is 0 Å². The van der Waals surface area contributed by atoms with Gasteiger partial charge in [-0.05, 0) is 24.2 Å². The zero-order valence-corrected chi connectivity index (χ0v) is 9.65. The van der Waals surface area contributed by atoms with Gasteiger partial charge in [-0.15, -0.1) is 0 Å². The molecule has 1 aliphatic rings. The van der Waals surface area contributed by atoms with E-state index in [2.05, 4.69) is 36.7 Å². The number of halogens is 1. The zero-order chi connectivity index (χ0) is 9.35. The molecule has 0 amide bonds. The topological polar surface area (TPSA) is 17.1 Å². The van der Waals surface area contributed by atoms with Crippen LogP contribution in [0.2, 0.25) is 0 Å². The van der Waals surface area contributed by atoms with Crippen LogP contribution in [-0.4, -0.2) is 10.6 Å². The standard InChI is InChI=1S/C10H17BrO/c1-10(2,3)7-4-5-9(12)8(11)6-7/h7-8H,4-6H2,1-3H3/t7-,8+/m1/s1. The number of alkyl halides is 1. The Kier molecular flexibility index (Phi) is 2.97. The largest absolute Gasteiger partial charge is 0.298 e. The molecule has 0 heterocycles. The monoisotopic (exact) mass is 232 g/mol. The molecule has 0 aromatic heterocycles. The number of hydrogen-bond acceptors (Lipinski definition) is 1. The fraction of sp³-hybridized carbons (Fsp3) is 0.900. The summed E-state index contributed by atoms with van der Waals surface area (Å²) in [5, 5.41) is 0. The summed E-state index contributed by atoms with van der Waals surface area (Å²) < 4.78 is 0. The van der Waals surface area contributed by atoms with Gasteiger partial charge in [0.2, 0.25) is 0 Å². The number of hydrogen-bond donors (Lipinski definition) is 0. The van der Waals surface area contributed by atoms with E-state index in [-0.39, 0.29) is 4.83 Å². The smallest absolute Gasteiger partial charge is 0.146 e. The molecule has 0 spiro atoms. The summed E-state index contributed by atoms with van der Waals surface area (Å²) in [6.07, 6.45) is 2.85. The van der Waals surface area contributed by atoms with Gasteiger partial charge in [0, 0.05) is 6.42 Å². The van der Waals surface area contributed by atoms with Gasteiger partial charge >= 0.3 is 0 Å². The molecular weight excluding hydrogens is 216 g/mol. The third-order valence-corrected chi connectivity index (χ3v) is 3.69. The second-order valence-corrected chi connectivity index (χ2v) is 5.88. The lowest BCUT2D eigenvalue weighted by Crippen LogP contribution is -2.32. The highest BCUT2D eigenvalue weighted by atomic mass is 79.9. The first-order valence-electron chi connectivity index (χ1n) is 4.58. The molecule has 0 aromatic rings. The van der Waals surface area contributed by atoms with Crippen molar-refractivity contribution >= 4 is 21.7 Å². The van der Waals surface area contributed by atoms with Crippen molar-refractivity contribution in [3.63, 3.8) is 0 Å². The molecule has 1 saturated carbocycles. The summed E-state index contributed by atoms with van der Waals surface area (Å²) >= 11 is 3.44. The van der Waals surface area contributed by atoms with Crippen molar-refractivity contribution in [1.82, 2.24) is 0 Å². The third kappa shape index (κ3) is 2.32. The minimum Gasteiger partial charge on any atom is -0.298 e. The normalized spacial score (nSPS) is 32.2. The quantitative estimate of drug-likeness (QED) is 0.587. The Morgan fingerprint density at radius 1 is 1.42 bits per heavy atom. The molecule has 1 fully saturated rings. The highest BCUT2D eigenvalue weighted by Crippen LogP contribution is 2.38. The highest BCUT2D eigenvalue weighted by molar-refractivity contribution is 9.10. The Labute approximate surface area is 83.0 Å². The van der Waals surface area contributed by atoms with E-state index in [1.165, 1.54) is 0 Å². The van der Waals surface area contributed by atoms with Crippen LogP contribution in [0.15, 0.2) is 0 Å². The molecule has 0 saturated heterocycles. The lowest BCUT2D eigenvalue weighted by molar-refractivity contribution is -0.120. The average molecular weight is 233 g/mol. The summed E-state index contributed by atoms with van der Waals surface area (Å²) in [6, 6.07) is 0. The molecule has 1 rings (SSSR count). The Morgan fingerprint density at radius 2 is 2.00 bits per heavy atom.